The molecule has 122 valence electrons. The number of H-pyrrole nitrogens is 1. The third-order valence-electron chi connectivity index (χ3n) is 4.00. The van der Waals surface area contributed by atoms with Crippen LogP contribution in [0.3, 0.4) is 0 Å². The minimum atomic E-state index is -0.346. The molecular formula is C14H19N7O2. The lowest BCUT2D eigenvalue weighted by Crippen LogP contribution is -2.47. The van der Waals surface area contributed by atoms with Crippen LogP contribution in [0.25, 0.3) is 5.95 Å². The van der Waals surface area contributed by atoms with Crippen molar-refractivity contribution in [1.29, 1.82) is 0 Å². The standard InChI is InChI=1S/C14H19N7O2/c1-9-11(7-13(23)20-5-3-15-4-6-20)10(2)21(19-9)14-17-12(22)8-16-18-14/h8,15H,3-7H2,1-2H3,(H,17,18,22). The van der Waals surface area contributed by atoms with Gasteiger partial charge in [-0.3, -0.25) is 14.6 Å². The van der Waals surface area contributed by atoms with Crippen LogP contribution >= 0.6 is 0 Å². The molecule has 2 aromatic heterocycles. The van der Waals surface area contributed by atoms with Crippen LogP contribution in [-0.4, -0.2) is 61.9 Å². The molecule has 2 aromatic rings. The molecule has 9 nitrogen and oxygen atoms in total. The Morgan fingerprint density at radius 3 is 2.74 bits per heavy atom. The molecule has 1 saturated heterocycles. The summed E-state index contributed by atoms with van der Waals surface area (Å²) in [6.07, 6.45) is 1.40. The van der Waals surface area contributed by atoms with Gasteiger partial charge in [-0.2, -0.15) is 5.10 Å². The summed E-state index contributed by atoms with van der Waals surface area (Å²) in [5, 5.41) is 15.1. The molecule has 1 aliphatic rings. The van der Waals surface area contributed by atoms with Gasteiger partial charge in [-0.15, -0.1) is 10.2 Å². The van der Waals surface area contributed by atoms with Crippen molar-refractivity contribution >= 4 is 5.91 Å². The van der Waals surface area contributed by atoms with Crippen LogP contribution in [0.2, 0.25) is 0 Å². The molecule has 1 fully saturated rings. The number of nitrogens with zero attached hydrogens (tertiary/aromatic N) is 5. The van der Waals surface area contributed by atoms with E-state index < -0.39 is 0 Å². The number of carbonyl (C=O) groups excluding carboxylic acids is 1. The Hall–Kier alpha value is -2.55. The van der Waals surface area contributed by atoms with Gasteiger partial charge < -0.3 is 10.2 Å². The molecule has 0 spiro atoms. The molecule has 0 saturated carbocycles. The number of hydrogen-bond donors (Lipinski definition) is 2. The van der Waals surface area contributed by atoms with E-state index in [0.29, 0.717) is 6.42 Å². The predicted octanol–water partition coefficient (Wildman–Crippen LogP) is -1.06. The van der Waals surface area contributed by atoms with Crippen molar-refractivity contribution in [1.82, 2.24) is 35.2 Å². The Balaban J connectivity index is 1.86. The number of nitrogens with one attached hydrogen (secondary N) is 2. The molecular weight excluding hydrogens is 298 g/mol. The van der Waals surface area contributed by atoms with E-state index in [-0.39, 0.29) is 17.4 Å². The van der Waals surface area contributed by atoms with E-state index in [2.05, 4.69) is 25.6 Å². The molecule has 2 N–H and O–H groups in total. The largest absolute Gasteiger partial charge is 0.340 e. The summed E-state index contributed by atoms with van der Waals surface area (Å²) >= 11 is 0. The fourth-order valence-electron chi connectivity index (χ4n) is 2.71. The van der Waals surface area contributed by atoms with Crippen molar-refractivity contribution in [2.75, 3.05) is 26.2 Å². The molecule has 1 aliphatic heterocycles. The van der Waals surface area contributed by atoms with Crippen LogP contribution in [0, 0.1) is 13.8 Å². The van der Waals surface area contributed by atoms with E-state index in [4.69, 9.17) is 0 Å². The molecule has 0 atom stereocenters. The number of aromatic amines is 1. The number of aryl methyl sites for hydroxylation is 1. The summed E-state index contributed by atoms with van der Waals surface area (Å²) < 4.78 is 1.52. The summed E-state index contributed by atoms with van der Waals surface area (Å²) in [5.74, 6) is 0.337. The van der Waals surface area contributed by atoms with Gasteiger partial charge in [0.15, 0.2) is 0 Å². The van der Waals surface area contributed by atoms with Crippen molar-refractivity contribution in [3.8, 4) is 5.95 Å². The monoisotopic (exact) mass is 317 g/mol. The molecule has 0 unspecified atom stereocenters. The van der Waals surface area contributed by atoms with Gasteiger partial charge in [0.05, 0.1) is 12.1 Å². The second-order valence-electron chi connectivity index (χ2n) is 5.53. The quantitative estimate of drug-likeness (QED) is 0.747. The fourth-order valence-corrected chi connectivity index (χ4v) is 2.71. The first-order chi connectivity index (χ1) is 11.1. The lowest BCUT2D eigenvalue weighted by Gasteiger charge is -2.27. The van der Waals surface area contributed by atoms with Crippen LogP contribution < -0.4 is 10.9 Å². The van der Waals surface area contributed by atoms with Crippen LogP contribution in [0.4, 0.5) is 0 Å². The first-order valence-corrected chi connectivity index (χ1v) is 7.52. The van der Waals surface area contributed by atoms with E-state index in [0.717, 1.165) is 49.3 Å². The van der Waals surface area contributed by atoms with Crippen LogP contribution in [-0.2, 0) is 11.2 Å². The molecule has 9 heteroatoms. The number of rotatable bonds is 3. The van der Waals surface area contributed by atoms with E-state index in [9.17, 15) is 9.59 Å². The van der Waals surface area contributed by atoms with E-state index >= 15 is 0 Å². The normalized spacial score (nSPS) is 15.0. The molecule has 1 amide bonds. The lowest BCUT2D eigenvalue weighted by atomic mass is 10.1. The predicted molar refractivity (Wildman–Crippen MR) is 82.4 cm³/mol. The highest BCUT2D eigenvalue weighted by Gasteiger charge is 2.21. The smallest absolute Gasteiger partial charge is 0.271 e. The van der Waals surface area contributed by atoms with Crippen LogP contribution in [0.1, 0.15) is 17.0 Å². The maximum Gasteiger partial charge on any atom is 0.271 e. The molecule has 0 aromatic carbocycles. The van der Waals surface area contributed by atoms with E-state index in [1.165, 1.54) is 4.68 Å². The van der Waals surface area contributed by atoms with Gasteiger partial charge >= 0.3 is 0 Å². The Kier molecular flexibility index (Phi) is 4.20. The second-order valence-corrected chi connectivity index (χ2v) is 5.53. The zero-order valence-corrected chi connectivity index (χ0v) is 13.2. The Morgan fingerprint density at radius 2 is 2.04 bits per heavy atom. The van der Waals surface area contributed by atoms with Crippen LogP contribution in [0.15, 0.2) is 11.0 Å². The molecule has 3 rings (SSSR count). The van der Waals surface area contributed by atoms with E-state index in [1.54, 1.807) is 0 Å². The summed E-state index contributed by atoms with van der Waals surface area (Å²) in [6.45, 7) is 6.80. The zero-order valence-electron chi connectivity index (χ0n) is 13.2. The Bertz CT molecular complexity index is 774. The fraction of sp³-hybridized carbons (Fsp3) is 0.500. The summed E-state index contributed by atoms with van der Waals surface area (Å²) in [7, 11) is 0. The van der Waals surface area contributed by atoms with Crippen molar-refractivity contribution in [3.63, 3.8) is 0 Å². The first kappa shape index (κ1) is 15.3. The zero-order chi connectivity index (χ0) is 16.4. The van der Waals surface area contributed by atoms with Crippen molar-refractivity contribution < 1.29 is 4.79 Å². The van der Waals surface area contributed by atoms with Crippen molar-refractivity contribution in [2.24, 2.45) is 0 Å². The summed E-state index contributed by atoms with van der Waals surface area (Å²) in [6, 6.07) is 0. The Morgan fingerprint density at radius 1 is 1.30 bits per heavy atom. The minimum Gasteiger partial charge on any atom is -0.340 e. The second kappa shape index (κ2) is 6.29. The highest BCUT2D eigenvalue weighted by molar-refractivity contribution is 5.79. The van der Waals surface area contributed by atoms with Gasteiger partial charge in [0.25, 0.3) is 11.5 Å². The third-order valence-corrected chi connectivity index (χ3v) is 4.00. The van der Waals surface area contributed by atoms with E-state index in [1.807, 2.05) is 18.7 Å². The number of amides is 1. The number of piperazine rings is 1. The number of aromatic nitrogens is 5. The molecule has 3 heterocycles. The lowest BCUT2D eigenvalue weighted by molar-refractivity contribution is -0.131. The molecule has 0 bridgehead atoms. The van der Waals surface area contributed by atoms with Gasteiger partial charge in [-0.05, 0) is 13.8 Å². The van der Waals surface area contributed by atoms with Crippen molar-refractivity contribution in [3.05, 3.63) is 33.5 Å². The minimum absolute atomic E-state index is 0.0879. The summed E-state index contributed by atoms with van der Waals surface area (Å²) in [4.78, 5) is 28.3. The van der Waals surface area contributed by atoms with Gasteiger partial charge in [0, 0.05) is 37.4 Å². The number of carbonyl (C=O) groups is 1. The van der Waals surface area contributed by atoms with Gasteiger partial charge in [-0.25, -0.2) is 4.68 Å². The van der Waals surface area contributed by atoms with Gasteiger partial charge in [0.1, 0.15) is 6.20 Å². The highest BCUT2D eigenvalue weighted by atomic mass is 16.2. The molecule has 0 aliphatic carbocycles. The number of hydrogen-bond acceptors (Lipinski definition) is 6. The highest BCUT2D eigenvalue weighted by Crippen LogP contribution is 2.17. The first-order valence-electron chi connectivity index (χ1n) is 7.52. The van der Waals surface area contributed by atoms with Crippen LogP contribution in [0.5, 0.6) is 0 Å². The topological polar surface area (TPSA) is 109 Å². The molecule has 23 heavy (non-hydrogen) atoms. The SMILES string of the molecule is Cc1nn(-c2nncc(=O)[nH]2)c(C)c1CC(=O)N1CCNCC1. The maximum atomic E-state index is 12.4. The van der Waals surface area contributed by atoms with Crippen molar-refractivity contribution in [2.45, 2.75) is 20.3 Å². The summed E-state index contributed by atoms with van der Waals surface area (Å²) in [5.41, 5.74) is 2.04. The average molecular weight is 317 g/mol. The molecule has 0 radical (unpaired) electrons. The Labute approximate surface area is 132 Å². The van der Waals surface area contributed by atoms with Gasteiger partial charge in [0.2, 0.25) is 5.91 Å². The maximum absolute atomic E-state index is 12.4. The third kappa shape index (κ3) is 3.14. The van der Waals surface area contributed by atoms with Gasteiger partial charge in [-0.1, -0.05) is 0 Å². The average Bonchev–Trinajstić information content (AvgIpc) is 2.84.